The number of urea groups is 1. The lowest BCUT2D eigenvalue weighted by atomic mass is 10.1. The highest BCUT2D eigenvalue weighted by molar-refractivity contribution is 6.22. The van der Waals surface area contributed by atoms with Gasteiger partial charge in [-0.25, -0.2) is 4.79 Å². The summed E-state index contributed by atoms with van der Waals surface area (Å²) < 4.78 is 0. The molecule has 114 valence electrons. The van der Waals surface area contributed by atoms with Crippen molar-refractivity contribution in [3.63, 3.8) is 0 Å². The van der Waals surface area contributed by atoms with Crippen LogP contribution in [0.3, 0.4) is 0 Å². The first-order chi connectivity index (χ1) is 11.2. The first kappa shape index (κ1) is 13.4. The molecular weight excluding hydrogens is 296 g/mol. The van der Waals surface area contributed by atoms with Gasteiger partial charge in [0.05, 0.1) is 22.8 Å². The number of nitrogens with zero attached hydrogens (tertiary/aromatic N) is 4. The van der Waals surface area contributed by atoms with Gasteiger partial charge in [0.1, 0.15) is 5.84 Å². The van der Waals surface area contributed by atoms with Crippen molar-refractivity contribution in [1.82, 2.24) is 4.90 Å². The number of carbonyl (C=O) groups is 1. The highest BCUT2D eigenvalue weighted by Crippen LogP contribution is 2.37. The zero-order chi connectivity index (χ0) is 16.0. The molecule has 0 N–H and O–H groups in total. The Morgan fingerprint density at radius 3 is 2.78 bits per heavy atom. The third-order valence-electron chi connectivity index (χ3n) is 3.95. The number of nitro benzene ring substituents is 1. The lowest BCUT2D eigenvalue weighted by molar-refractivity contribution is -0.384. The molecule has 0 aromatic heterocycles. The molecule has 2 aromatic carbocycles. The van der Waals surface area contributed by atoms with Crippen molar-refractivity contribution < 1.29 is 9.72 Å². The first-order valence-electron chi connectivity index (χ1n) is 7.17. The summed E-state index contributed by atoms with van der Waals surface area (Å²) in [7, 11) is 0. The van der Waals surface area contributed by atoms with Gasteiger partial charge in [-0.15, -0.1) is 0 Å². The van der Waals surface area contributed by atoms with Crippen LogP contribution in [0, 0.1) is 10.1 Å². The van der Waals surface area contributed by atoms with E-state index >= 15 is 0 Å². The number of nitro groups is 1. The Balaban J connectivity index is 1.90. The van der Waals surface area contributed by atoms with Crippen LogP contribution in [-0.4, -0.2) is 34.8 Å². The number of non-ortho nitro benzene ring substituents is 1. The number of aliphatic imine (C=N–C) groups is 1. The van der Waals surface area contributed by atoms with Gasteiger partial charge in [-0.3, -0.25) is 24.9 Å². The number of hydrogen-bond donors (Lipinski definition) is 0. The van der Waals surface area contributed by atoms with Crippen LogP contribution in [0.2, 0.25) is 0 Å². The van der Waals surface area contributed by atoms with Gasteiger partial charge in [-0.1, -0.05) is 18.2 Å². The molecule has 0 atom stereocenters. The van der Waals surface area contributed by atoms with Gasteiger partial charge in [0.25, 0.3) is 5.69 Å². The molecule has 2 amide bonds. The summed E-state index contributed by atoms with van der Waals surface area (Å²) in [6.07, 6.45) is 0. The van der Waals surface area contributed by atoms with Crippen molar-refractivity contribution in [1.29, 1.82) is 0 Å². The van der Waals surface area contributed by atoms with Gasteiger partial charge >= 0.3 is 6.03 Å². The number of rotatable bonds is 2. The fourth-order valence-corrected chi connectivity index (χ4v) is 2.94. The molecule has 4 rings (SSSR count). The normalized spacial score (nSPS) is 16.0. The maximum Gasteiger partial charge on any atom is 0.334 e. The lowest BCUT2D eigenvalue weighted by Gasteiger charge is -2.35. The molecule has 7 nitrogen and oxygen atoms in total. The van der Waals surface area contributed by atoms with E-state index in [-0.39, 0.29) is 11.7 Å². The van der Waals surface area contributed by atoms with Crippen LogP contribution < -0.4 is 4.90 Å². The fourth-order valence-electron chi connectivity index (χ4n) is 2.94. The van der Waals surface area contributed by atoms with E-state index in [2.05, 4.69) is 4.99 Å². The molecule has 2 aromatic rings. The van der Waals surface area contributed by atoms with E-state index in [1.165, 1.54) is 17.0 Å². The lowest BCUT2D eigenvalue weighted by Crippen LogP contribution is -2.47. The second-order valence-corrected chi connectivity index (χ2v) is 5.27. The highest BCUT2D eigenvalue weighted by atomic mass is 16.6. The zero-order valence-corrected chi connectivity index (χ0v) is 12.0. The van der Waals surface area contributed by atoms with Gasteiger partial charge in [-0.05, 0) is 18.2 Å². The quantitative estimate of drug-likeness (QED) is 0.632. The number of carbonyl (C=O) groups excluding carboxylic acids is 1. The minimum Gasteiger partial charge on any atom is -0.276 e. The van der Waals surface area contributed by atoms with Gasteiger partial charge in [0.2, 0.25) is 0 Å². The van der Waals surface area contributed by atoms with Gasteiger partial charge in [-0.2, -0.15) is 0 Å². The molecule has 2 aliphatic rings. The number of amidine groups is 1. The first-order valence-corrected chi connectivity index (χ1v) is 7.17. The zero-order valence-electron chi connectivity index (χ0n) is 12.0. The molecule has 0 radical (unpaired) electrons. The number of amides is 2. The molecule has 2 heterocycles. The Labute approximate surface area is 131 Å². The van der Waals surface area contributed by atoms with Crippen LogP contribution in [-0.2, 0) is 0 Å². The molecule has 23 heavy (non-hydrogen) atoms. The summed E-state index contributed by atoms with van der Waals surface area (Å²) in [6.45, 7) is 1.09. The average molecular weight is 308 g/mol. The van der Waals surface area contributed by atoms with Gasteiger partial charge < -0.3 is 0 Å². The van der Waals surface area contributed by atoms with E-state index in [0.717, 1.165) is 5.56 Å². The van der Waals surface area contributed by atoms with E-state index < -0.39 is 4.92 Å². The van der Waals surface area contributed by atoms with Gasteiger partial charge in [0, 0.05) is 24.2 Å². The van der Waals surface area contributed by atoms with Crippen molar-refractivity contribution >= 4 is 28.9 Å². The molecule has 0 saturated carbocycles. The smallest absolute Gasteiger partial charge is 0.276 e. The molecule has 0 spiro atoms. The van der Waals surface area contributed by atoms with Crippen molar-refractivity contribution in [2.75, 3.05) is 18.0 Å². The molecule has 0 saturated heterocycles. The maximum atomic E-state index is 12.9. The molecular formula is C16H12N4O3. The third kappa shape index (κ3) is 1.97. The van der Waals surface area contributed by atoms with E-state index in [4.69, 9.17) is 0 Å². The van der Waals surface area contributed by atoms with Crippen LogP contribution in [0.5, 0.6) is 0 Å². The monoisotopic (exact) mass is 308 g/mol. The average Bonchev–Trinajstić information content (AvgIpc) is 3.06. The molecule has 0 aliphatic carbocycles. The number of hydrogen-bond acceptors (Lipinski definition) is 4. The summed E-state index contributed by atoms with van der Waals surface area (Å²) in [4.78, 5) is 30.9. The van der Waals surface area contributed by atoms with Crippen LogP contribution in [0.1, 0.15) is 5.56 Å². The Bertz CT molecular complexity index is 862. The fraction of sp³-hybridized carbons (Fsp3) is 0.125. The van der Waals surface area contributed by atoms with Crippen LogP contribution in [0.4, 0.5) is 21.9 Å². The molecule has 0 fully saturated rings. The van der Waals surface area contributed by atoms with Crippen molar-refractivity contribution in [2.24, 2.45) is 4.99 Å². The summed E-state index contributed by atoms with van der Waals surface area (Å²) in [5, 5.41) is 11.0. The minimum atomic E-state index is -0.466. The van der Waals surface area contributed by atoms with Crippen molar-refractivity contribution in [3.05, 3.63) is 64.2 Å². The summed E-state index contributed by atoms with van der Waals surface area (Å²) in [5.74, 6) is 0.673. The highest BCUT2D eigenvalue weighted by Gasteiger charge is 2.38. The summed E-state index contributed by atoms with van der Waals surface area (Å²) >= 11 is 0. The van der Waals surface area contributed by atoms with Crippen LogP contribution in [0.15, 0.2) is 53.5 Å². The molecule has 2 aliphatic heterocycles. The van der Waals surface area contributed by atoms with Crippen molar-refractivity contribution in [2.45, 2.75) is 0 Å². The predicted octanol–water partition coefficient (Wildman–Crippen LogP) is 2.93. The third-order valence-corrected chi connectivity index (χ3v) is 3.95. The summed E-state index contributed by atoms with van der Waals surface area (Å²) in [6, 6.07) is 13.3. The number of para-hydroxylation sites is 1. The standard InChI is InChI=1S/C16H12N4O3/c21-16-18-9-8-17-15(18)13-6-1-2-7-14(13)19(16)11-4-3-5-12(10-11)20(22)23/h1-7,10H,8-9H2. The predicted molar refractivity (Wildman–Crippen MR) is 85.2 cm³/mol. The SMILES string of the molecule is O=C1N2CCN=C2c2ccccc2N1c1cccc([N+](=O)[O-])c1. The second-order valence-electron chi connectivity index (χ2n) is 5.27. The number of benzene rings is 2. The molecule has 7 heteroatoms. The minimum absolute atomic E-state index is 0.0475. The Kier molecular flexibility index (Phi) is 2.87. The van der Waals surface area contributed by atoms with Crippen molar-refractivity contribution in [3.8, 4) is 0 Å². The summed E-state index contributed by atoms with van der Waals surface area (Å²) in [5.41, 5.74) is 1.97. The van der Waals surface area contributed by atoms with E-state index in [0.29, 0.717) is 30.3 Å². The van der Waals surface area contributed by atoms with Crippen LogP contribution in [0.25, 0.3) is 0 Å². The Morgan fingerprint density at radius 2 is 1.96 bits per heavy atom. The number of anilines is 2. The second kappa shape index (κ2) is 4.91. The topological polar surface area (TPSA) is 79.0 Å². The molecule has 0 bridgehead atoms. The molecule has 0 unspecified atom stereocenters. The van der Waals surface area contributed by atoms with Crippen LogP contribution >= 0.6 is 0 Å². The maximum absolute atomic E-state index is 12.9. The van der Waals surface area contributed by atoms with E-state index in [1.807, 2.05) is 24.3 Å². The Morgan fingerprint density at radius 1 is 1.13 bits per heavy atom. The van der Waals surface area contributed by atoms with E-state index in [1.54, 1.807) is 17.0 Å². The Hall–Kier alpha value is -3.22. The van der Waals surface area contributed by atoms with Gasteiger partial charge in [0.15, 0.2) is 0 Å². The number of fused-ring (bicyclic) bond motifs is 3. The largest absolute Gasteiger partial charge is 0.334 e. The van der Waals surface area contributed by atoms with E-state index in [9.17, 15) is 14.9 Å².